The number of hydrogen-bond donors (Lipinski definition) is 0. The number of hydrogen-bond acceptors (Lipinski definition) is 2. The highest BCUT2D eigenvalue weighted by atomic mass is 16.1. The lowest BCUT2D eigenvalue weighted by molar-refractivity contribution is -0.118. The average molecular weight is 175 g/mol. The molecule has 0 fully saturated rings. The summed E-state index contributed by atoms with van der Waals surface area (Å²) in [5.41, 5.74) is 2.38. The molecule has 0 aliphatic carbocycles. The van der Waals surface area contributed by atoms with Crippen LogP contribution in [0.5, 0.6) is 0 Å². The number of carbonyl (C=O) groups is 1. The molecule has 1 aromatic carbocycles. The van der Waals surface area contributed by atoms with E-state index in [4.69, 9.17) is 0 Å². The molecule has 0 saturated carbocycles. The van der Waals surface area contributed by atoms with Gasteiger partial charge in [0.05, 0.1) is 5.92 Å². The highest BCUT2D eigenvalue weighted by molar-refractivity contribution is 5.88. The molecular formula is C11H13NO. The topological polar surface area (TPSA) is 20.3 Å². The van der Waals surface area contributed by atoms with Gasteiger partial charge in [-0.05, 0) is 18.6 Å². The third-order valence-electron chi connectivity index (χ3n) is 2.67. The zero-order valence-electron chi connectivity index (χ0n) is 7.95. The number of anilines is 1. The molecule has 2 heteroatoms. The van der Waals surface area contributed by atoms with Crippen LogP contribution in [0.3, 0.4) is 0 Å². The van der Waals surface area contributed by atoms with Crippen molar-refractivity contribution in [2.24, 2.45) is 0 Å². The van der Waals surface area contributed by atoms with Gasteiger partial charge < -0.3 is 4.90 Å². The number of benzene rings is 1. The number of para-hydroxylation sites is 1. The zero-order valence-corrected chi connectivity index (χ0v) is 7.95. The molecule has 0 aromatic heterocycles. The van der Waals surface area contributed by atoms with Crippen LogP contribution in [-0.4, -0.2) is 19.4 Å². The Bertz CT molecular complexity index is 346. The van der Waals surface area contributed by atoms with Gasteiger partial charge in [0.2, 0.25) is 0 Å². The Morgan fingerprint density at radius 2 is 2.15 bits per heavy atom. The highest BCUT2D eigenvalue weighted by Crippen LogP contribution is 2.35. The van der Waals surface area contributed by atoms with E-state index >= 15 is 0 Å². The fourth-order valence-electron chi connectivity index (χ4n) is 1.95. The van der Waals surface area contributed by atoms with Gasteiger partial charge in [0, 0.05) is 19.3 Å². The van der Waals surface area contributed by atoms with Crippen molar-refractivity contribution in [2.45, 2.75) is 12.8 Å². The number of ketones is 1. The highest BCUT2D eigenvalue weighted by Gasteiger charge is 2.28. The van der Waals surface area contributed by atoms with E-state index in [1.54, 1.807) is 6.92 Å². The van der Waals surface area contributed by atoms with Crippen LogP contribution in [0.15, 0.2) is 24.3 Å². The van der Waals surface area contributed by atoms with Crippen molar-refractivity contribution in [3.63, 3.8) is 0 Å². The van der Waals surface area contributed by atoms with Crippen LogP contribution in [0.25, 0.3) is 0 Å². The molecule has 1 atom stereocenters. The Hall–Kier alpha value is -1.31. The summed E-state index contributed by atoms with van der Waals surface area (Å²) in [6.45, 7) is 2.50. The van der Waals surface area contributed by atoms with Crippen molar-refractivity contribution in [1.82, 2.24) is 0 Å². The second kappa shape index (κ2) is 2.87. The largest absolute Gasteiger partial charge is 0.373 e. The first-order chi connectivity index (χ1) is 6.20. The molecule has 0 bridgehead atoms. The summed E-state index contributed by atoms with van der Waals surface area (Å²) >= 11 is 0. The molecule has 0 N–H and O–H groups in total. The lowest BCUT2D eigenvalue weighted by Gasteiger charge is -2.10. The second-order valence-corrected chi connectivity index (χ2v) is 3.60. The van der Waals surface area contributed by atoms with Crippen molar-refractivity contribution in [3.05, 3.63) is 29.8 Å². The summed E-state index contributed by atoms with van der Waals surface area (Å²) in [5, 5.41) is 0. The third-order valence-corrected chi connectivity index (χ3v) is 2.67. The molecule has 2 nitrogen and oxygen atoms in total. The van der Waals surface area contributed by atoms with Crippen LogP contribution in [-0.2, 0) is 4.79 Å². The molecule has 1 unspecified atom stereocenters. The molecule has 0 saturated heterocycles. The lowest BCUT2D eigenvalue weighted by Crippen LogP contribution is -2.18. The third kappa shape index (κ3) is 1.22. The van der Waals surface area contributed by atoms with Crippen LogP contribution in [0, 0.1) is 0 Å². The minimum Gasteiger partial charge on any atom is -0.373 e. The zero-order chi connectivity index (χ0) is 9.42. The molecule has 1 heterocycles. The fourth-order valence-corrected chi connectivity index (χ4v) is 1.95. The van der Waals surface area contributed by atoms with Gasteiger partial charge in [0.15, 0.2) is 0 Å². The van der Waals surface area contributed by atoms with E-state index in [0.29, 0.717) is 0 Å². The molecule has 2 rings (SSSR count). The van der Waals surface area contributed by atoms with E-state index < -0.39 is 0 Å². The van der Waals surface area contributed by atoms with Gasteiger partial charge >= 0.3 is 0 Å². The van der Waals surface area contributed by atoms with Crippen molar-refractivity contribution in [2.75, 3.05) is 18.5 Å². The fraction of sp³-hybridized carbons (Fsp3) is 0.364. The van der Waals surface area contributed by atoms with Crippen molar-refractivity contribution in [1.29, 1.82) is 0 Å². The Labute approximate surface area is 78.2 Å². The van der Waals surface area contributed by atoms with Crippen molar-refractivity contribution < 1.29 is 4.79 Å². The maximum atomic E-state index is 11.3. The molecule has 68 valence electrons. The Morgan fingerprint density at radius 3 is 2.85 bits per heavy atom. The average Bonchev–Trinajstić information content (AvgIpc) is 2.45. The Morgan fingerprint density at radius 1 is 1.46 bits per heavy atom. The van der Waals surface area contributed by atoms with E-state index in [1.165, 1.54) is 11.3 Å². The number of carbonyl (C=O) groups excluding carboxylic acids is 1. The summed E-state index contributed by atoms with van der Waals surface area (Å²) in [6, 6.07) is 8.12. The van der Waals surface area contributed by atoms with Crippen LogP contribution in [0.1, 0.15) is 18.4 Å². The number of likely N-dealkylation sites (N-methyl/N-ethyl adjacent to an activating group) is 1. The number of Topliss-reactive ketones (excluding diaryl/α,β-unsaturated/α-hetero) is 1. The molecule has 1 aliphatic rings. The van der Waals surface area contributed by atoms with Crippen LogP contribution < -0.4 is 4.90 Å². The van der Waals surface area contributed by atoms with E-state index in [9.17, 15) is 4.79 Å². The predicted octanol–water partition coefficient (Wildman–Crippen LogP) is 1.81. The summed E-state index contributed by atoms with van der Waals surface area (Å²) in [4.78, 5) is 13.5. The Balaban J connectivity index is 2.47. The van der Waals surface area contributed by atoms with Crippen LogP contribution in [0.4, 0.5) is 5.69 Å². The number of rotatable bonds is 1. The van der Waals surface area contributed by atoms with E-state index in [2.05, 4.69) is 11.0 Å². The summed E-state index contributed by atoms with van der Waals surface area (Å²) in [7, 11) is 2.03. The molecule has 0 amide bonds. The molecule has 0 radical (unpaired) electrons. The number of nitrogens with zero attached hydrogens (tertiary/aromatic N) is 1. The number of fused-ring (bicyclic) bond motifs is 1. The van der Waals surface area contributed by atoms with Gasteiger partial charge in [-0.25, -0.2) is 0 Å². The van der Waals surface area contributed by atoms with Crippen molar-refractivity contribution >= 4 is 11.5 Å². The van der Waals surface area contributed by atoms with Gasteiger partial charge in [-0.15, -0.1) is 0 Å². The van der Waals surface area contributed by atoms with Crippen LogP contribution in [0.2, 0.25) is 0 Å². The lowest BCUT2D eigenvalue weighted by atomic mass is 9.98. The standard InChI is InChI=1S/C11H13NO/c1-8(13)10-7-12(2)11-6-4-3-5-9(10)11/h3-6,10H,7H2,1-2H3. The SMILES string of the molecule is CC(=O)C1CN(C)c2ccccc21. The van der Waals surface area contributed by atoms with E-state index in [0.717, 1.165) is 6.54 Å². The molecule has 0 spiro atoms. The van der Waals surface area contributed by atoms with Crippen molar-refractivity contribution in [3.8, 4) is 0 Å². The second-order valence-electron chi connectivity index (χ2n) is 3.60. The van der Waals surface area contributed by atoms with E-state index in [-0.39, 0.29) is 11.7 Å². The molecule has 13 heavy (non-hydrogen) atoms. The minimum absolute atomic E-state index is 0.0844. The predicted molar refractivity (Wildman–Crippen MR) is 53.1 cm³/mol. The normalized spacial score (nSPS) is 20.2. The van der Waals surface area contributed by atoms with Gasteiger partial charge in [0.1, 0.15) is 5.78 Å². The molecule has 1 aliphatic heterocycles. The smallest absolute Gasteiger partial charge is 0.139 e. The summed E-state index contributed by atoms with van der Waals surface area (Å²) < 4.78 is 0. The van der Waals surface area contributed by atoms with Gasteiger partial charge in [-0.3, -0.25) is 4.79 Å². The van der Waals surface area contributed by atoms with E-state index in [1.807, 2.05) is 25.2 Å². The minimum atomic E-state index is 0.0844. The van der Waals surface area contributed by atoms with Gasteiger partial charge in [-0.1, -0.05) is 18.2 Å². The monoisotopic (exact) mass is 175 g/mol. The maximum absolute atomic E-state index is 11.3. The maximum Gasteiger partial charge on any atom is 0.139 e. The summed E-state index contributed by atoms with van der Waals surface area (Å²) in [5.74, 6) is 0.345. The van der Waals surface area contributed by atoms with Gasteiger partial charge in [0.25, 0.3) is 0 Å². The quantitative estimate of drug-likeness (QED) is 0.648. The Kier molecular flexibility index (Phi) is 1.83. The van der Waals surface area contributed by atoms with Crippen LogP contribution >= 0.6 is 0 Å². The first kappa shape index (κ1) is 8.30. The molecule has 1 aromatic rings. The van der Waals surface area contributed by atoms with Gasteiger partial charge in [-0.2, -0.15) is 0 Å². The first-order valence-corrected chi connectivity index (χ1v) is 4.50. The first-order valence-electron chi connectivity index (χ1n) is 4.50. The summed E-state index contributed by atoms with van der Waals surface area (Å²) in [6.07, 6.45) is 0. The molecular weight excluding hydrogens is 162 g/mol.